The molecule has 31 heavy (non-hydrogen) atoms. The molecule has 0 aliphatic carbocycles. The Morgan fingerprint density at radius 1 is 1.10 bits per heavy atom. The van der Waals surface area contributed by atoms with Crippen LogP contribution in [0, 0.1) is 0 Å². The number of nitrogens with zero attached hydrogens (tertiary/aromatic N) is 2. The molecular weight excluding hydrogens is 413 g/mol. The van der Waals surface area contributed by atoms with E-state index in [9.17, 15) is 22.8 Å². The molecule has 0 fully saturated rings. The van der Waals surface area contributed by atoms with Crippen molar-refractivity contribution in [1.29, 1.82) is 0 Å². The first-order chi connectivity index (χ1) is 14.7. The van der Waals surface area contributed by atoms with Gasteiger partial charge in [0, 0.05) is 17.8 Å². The highest BCUT2D eigenvalue weighted by Crippen LogP contribution is 2.31. The molecule has 1 heterocycles. The highest BCUT2D eigenvalue weighted by atomic mass is 19.4. The average Bonchev–Trinajstić information content (AvgIpc) is 3.19. The maximum absolute atomic E-state index is 13.0. The lowest BCUT2D eigenvalue weighted by molar-refractivity contribution is -0.137. The minimum absolute atomic E-state index is 0.0915. The number of ether oxygens (including phenoxy) is 1. The summed E-state index contributed by atoms with van der Waals surface area (Å²) in [5.74, 6) is -0.760. The number of alkyl halides is 3. The smallest absolute Gasteiger partial charge is 0.416 e. The Bertz CT molecular complexity index is 1090. The summed E-state index contributed by atoms with van der Waals surface area (Å²) in [6.07, 6.45) is -3.18. The second-order valence-corrected chi connectivity index (χ2v) is 6.43. The van der Waals surface area contributed by atoms with E-state index < -0.39 is 17.6 Å². The summed E-state index contributed by atoms with van der Waals surface area (Å²) in [6.45, 7) is 2.30. The predicted octanol–water partition coefficient (Wildman–Crippen LogP) is 3.90. The van der Waals surface area contributed by atoms with Crippen molar-refractivity contribution in [3.63, 3.8) is 0 Å². The van der Waals surface area contributed by atoms with Gasteiger partial charge in [-0.2, -0.15) is 18.3 Å². The quantitative estimate of drug-likeness (QED) is 0.619. The maximum atomic E-state index is 13.0. The minimum Gasteiger partial charge on any atom is -0.493 e. The molecule has 10 heteroatoms. The van der Waals surface area contributed by atoms with Crippen molar-refractivity contribution in [3.8, 4) is 11.4 Å². The van der Waals surface area contributed by atoms with Crippen LogP contribution in [0.25, 0.3) is 5.69 Å². The first-order valence-corrected chi connectivity index (χ1v) is 9.24. The van der Waals surface area contributed by atoms with Gasteiger partial charge < -0.3 is 15.4 Å². The van der Waals surface area contributed by atoms with Crippen LogP contribution < -0.4 is 15.4 Å². The zero-order chi connectivity index (χ0) is 22.6. The number of carbonyl (C=O) groups is 2. The van der Waals surface area contributed by atoms with Crippen LogP contribution in [-0.4, -0.2) is 35.2 Å². The van der Waals surface area contributed by atoms with Gasteiger partial charge in [0.1, 0.15) is 0 Å². The predicted molar refractivity (Wildman–Crippen MR) is 108 cm³/mol. The molecule has 0 saturated heterocycles. The second-order valence-electron chi connectivity index (χ2n) is 6.43. The van der Waals surface area contributed by atoms with Crippen LogP contribution in [0.15, 0.2) is 54.7 Å². The number of carbonyl (C=O) groups excluding carboxylic acids is 2. The fourth-order valence-electron chi connectivity index (χ4n) is 2.78. The topological polar surface area (TPSA) is 85.3 Å². The van der Waals surface area contributed by atoms with E-state index in [-0.39, 0.29) is 23.0 Å². The summed E-state index contributed by atoms with van der Waals surface area (Å²) in [4.78, 5) is 24.5. The molecule has 3 rings (SSSR count). The van der Waals surface area contributed by atoms with Gasteiger partial charge in [-0.3, -0.25) is 9.59 Å². The van der Waals surface area contributed by atoms with Gasteiger partial charge in [0.25, 0.3) is 11.8 Å². The van der Waals surface area contributed by atoms with E-state index in [0.717, 1.165) is 16.8 Å². The van der Waals surface area contributed by atoms with Crippen molar-refractivity contribution in [2.75, 3.05) is 19.0 Å². The largest absolute Gasteiger partial charge is 0.493 e. The number of benzene rings is 2. The zero-order valence-corrected chi connectivity index (χ0v) is 16.7. The number of methoxy groups -OCH3 is 1. The summed E-state index contributed by atoms with van der Waals surface area (Å²) in [7, 11) is 1.32. The van der Waals surface area contributed by atoms with Crippen LogP contribution in [0.4, 0.5) is 18.9 Å². The van der Waals surface area contributed by atoms with Crippen LogP contribution in [0.5, 0.6) is 5.75 Å². The van der Waals surface area contributed by atoms with Gasteiger partial charge in [-0.1, -0.05) is 6.07 Å². The lowest BCUT2D eigenvalue weighted by Gasteiger charge is -2.08. The normalized spacial score (nSPS) is 11.1. The number of nitrogens with one attached hydrogen (secondary N) is 2. The van der Waals surface area contributed by atoms with E-state index >= 15 is 0 Å². The molecule has 0 saturated carbocycles. The Morgan fingerprint density at radius 2 is 1.81 bits per heavy atom. The van der Waals surface area contributed by atoms with E-state index in [0.29, 0.717) is 17.8 Å². The van der Waals surface area contributed by atoms with Crippen molar-refractivity contribution in [2.45, 2.75) is 13.1 Å². The average molecular weight is 432 g/mol. The van der Waals surface area contributed by atoms with Crippen LogP contribution >= 0.6 is 0 Å². The first-order valence-electron chi connectivity index (χ1n) is 9.24. The number of rotatable bonds is 6. The second kappa shape index (κ2) is 8.90. The fraction of sp³-hybridized carbons (Fsp3) is 0.190. The summed E-state index contributed by atoms with van der Waals surface area (Å²) >= 11 is 0. The third-order valence-corrected chi connectivity index (χ3v) is 4.30. The Balaban J connectivity index is 1.83. The number of hydrogen-bond donors (Lipinski definition) is 2. The molecule has 2 N–H and O–H groups in total. The van der Waals surface area contributed by atoms with Gasteiger partial charge in [0.15, 0.2) is 11.4 Å². The lowest BCUT2D eigenvalue weighted by Crippen LogP contribution is -2.22. The molecule has 1 aromatic heterocycles. The van der Waals surface area contributed by atoms with Gasteiger partial charge in [-0.15, -0.1) is 0 Å². The number of halogens is 3. The Labute approximate surface area is 175 Å². The molecule has 2 aromatic carbocycles. The molecular formula is C21H19F3N4O3. The molecule has 162 valence electrons. The molecule has 0 aliphatic heterocycles. The molecule has 2 amide bonds. The number of aromatic nitrogens is 2. The van der Waals surface area contributed by atoms with E-state index in [4.69, 9.17) is 4.74 Å². The van der Waals surface area contributed by atoms with E-state index in [1.165, 1.54) is 25.4 Å². The van der Waals surface area contributed by atoms with E-state index in [1.807, 2.05) is 0 Å². The minimum atomic E-state index is -4.51. The standard InChI is InChI=1S/C21H19F3N4O3/c1-3-25-19(29)13-7-9-15(10-8-13)26-20(30)18-17(31-2)12-28(27-18)16-6-4-5-14(11-16)21(22,23)24/h4-12H,3H2,1-2H3,(H,25,29)(H,26,30). The summed E-state index contributed by atoms with van der Waals surface area (Å²) in [5, 5.41) is 9.38. The molecule has 0 spiro atoms. The van der Waals surface area contributed by atoms with Crippen LogP contribution in [0.1, 0.15) is 33.3 Å². The van der Waals surface area contributed by atoms with Crippen molar-refractivity contribution < 1.29 is 27.5 Å². The highest BCUT2D eigenvalue weighted by Gasteiger charge is 2.30. The highest BCUT2D eigenvalue weighted by molar-refractivity contribution is 6.05. The van der Waals surface area contributed by atoms with Gasteiger partial charge in [0.05, 0.1) is 24.6 Å². The molecule has 0 bridgehead atoms. The third kappa shape index (κ3) is 5.03. The van der Waals surface area contributed by atoms with E-state index in [1.54, 1.807) is 31.2 Å². The van der Waals surface area contributed by atoms with E-state index in [2.05, 4.69) is 15.7 Å². The van der Waals surface area contributed by atoms with Gasteiger partial charge in [-0.05, 0) is 49.4 Å². The maximum Gasteiger partial charge on any atom is 0.416 e. The number of amides is 2. The Kier molecular flexibility index (Phi) is 6.28. The van der Waals surface area contributed by atoms with Crippen molar-refractivity contribution >= 4 is 17.5 Å². The number of hydrogen-bond acceptors (Lipinski definition) is 4. The summed E-state index contributed by atoms with van der Waals surface area (Å²) < 4.78 is 45.2. The lowest BCUT2D eigenvalue weighted by atomic mass is 10.2. The van der Waals surface area contributed by atoms with Gasteiger partial charge in [0.2, 0.25) is 0 Å². The van der Waals surface area contributed by atoms with Crippen LogP contribution in [-0.2, 0) is 6.18 Å². The summed E-state index contributed by atoms with van der Waals surface area (Å²) in [5.41, 5.74) is 0.0313. The van der Waals surface area contributed by atoms with Crippen LogP contribution in [0.2, 0.25) is 0 Å². The molecule has 3 aromatic rings. The molecule has 0 atom stereocenters. The van der Waals surface area contributed by atoms with Gasteiger partial charge in [-0.25, -0.2) is 4.68 Å². The van der Waals surface area contributed by atoms with Crippen molar-refractivity contribution in [3.05, 3.63) is 71.5 Å². The monoisotopic (exact) mass is 432 g/mol. The SMILES string of the molecule is CCNC(=O)c1ccc(NC(=O)c2nn(-c3cccc(C(F)(F)F)c3)cc2OC)cc1. The number of anilines is 1. The summed E-state index contributed by atoms with van der Waals surface area (Å²) in [6, 6.07) is 10.8. The molecule has 0 radical (unpaired) electrons. The fourth-order valence-corrected chi connectivity index (χ4v) is 2.78. The first kappa shape index (κ1) is 21.9. The molecule has 0 aliphatic rings. The van der Waals surface area contributed by atoms with Crippen LogP contribution in [0.3, 0.4) is 0 Å². The molecule has 0 unspecified atom stereocenters. The Morgan fingerprint density at radius 3 is 2.42 bits per heavy atom. The van der Waals surface area contributed by atoms with Crippen molar-refractivity contribution in [2.24, 2.45) is 0 Å². The Hall–Kier alpha value is -3.82. The molecule has 7 nitrogen and oxygen atoms in total. The van der Waals surface area contributed by atoms with Crippen molar-refractivity contribution in [1.82, 2.24) is 15.1 Å². The zero-order valence-electron chi connectivity index (χ0n) is 16.7. The van der Waals surface area contributed by atoms with Gasteiger partial charge >= 0.3 is 6.18 Å². The third-order valence-electron chi connectivity index (χ3n) is 4.30.